The lowest BCUT2D eigenvalue weighted by molar-refractivity contribution is -0.149. The molecule has 4 rings (SSSR count). The Bertz CT molecular complexity index is 723. The van der Waals surface area contributed by atoms with Crippen LogP contribution in [0.25, 0.3) is 0 Å². The summed E-state index contributed by atoms with van der Waals surface area (Å²) in [4.78, 5) is 37.0. The highest BCUT2D eigenvalue weighted by Gasteiger charge is 2.59. The van der Waals surface area contributed by atoms with Gasteiger partial charge in [-0.05, 0) is 12.8 Å². The molecule has 2 atom stereocenters. The fourth-order valence-corrected chi connectivity index (χ4v) is 4.41. The summed E-state index contributed by atoms with van der Waals surface area (Å²) in [6.45, 7) is 2.17. The maximum absolute atomic E-state index is 12.6. The molecule has 8 nitrogen and oxygen atoms in total. The Morgan fingerprint density at radius 1 is 1.31 bits per heavy atom. The Hall–Kier alpha value is -2.22. The first kappa shape index (κ1) is 17.2. The number of aromatic nitrogens is 2. The second-order valence-electron chi connectivity index (χ2n) is 7.69. The third-order valence-electron chi connectivity index (χ3n) is 6.13. The molecule has 1 amide bonds. The van der Waals surface area contributed by atoms with E-state index in [1.54, 1.807) is 12.0 Å². The molecule has 140 valence electrons. The number of anilines is 1. The predicted molar refractivity (Wildman–Crippen MR) is 92.4 cm³/mol. The highest BCUT2D eigenvalue weighted by atomic mass is 16.5. The van der Waals surface area contributed by atoms with Gasteiger partial charge in [-0.3, -0.25) is 9.59 Å². The summed E-state index contributed by atoms with van der Waals surface area (Å²) in [7, 11) is 1.61. The molecule has 3 fully saturated rings. The number of hydrogen-bond acceptors (Lipinski definition) is 6. The van der Waals surface area contributed by atoms with Crippen LogP contribution in [0.1, 0.15) is 25.0 Å². The van der Waals surface area contributed by atoms with Crippen molar-refractivity contribution in [1.82, 2.24) is 14.9 Å². The molecule has 0 unspecified atom stereocenters. The van der Waals surface area contributed by atoms with Crippen molar-refractivity contribution in [2.45, 2.75) is 25.9 Å². The maximum atomic E-state index is 12.6. The molecule has 0 radical (unpaired) electrons. The van der Waals surface area contributed by atoms with Crippen LogP contribution in [0, 0.1) is 17.3 Å². The molecule has 0 bridgehead atoms. The molecule has 0 spiro atoms. The van der Waals surface area contributed by atoms with E-state index < -0.39 is 11.4 Å². The Morgan fingerprint density at radius 3 is 2.73 bits per heavy atom. The SMILES string of the molecule is COCc1cc(N2C[C@@H]3CN(C(=O)C4CCC4)C[C@]3(C(=O)O)C2)ncn1. The number of hydrogen-bond donors (Lipinski definition) is 1. The molecule has 8 heteroatoms. The number of ether oxygens (including phenoxy) is 1. The number of carboxylic acid groups (broad SMARTS) is 1. The van der Waals surface area contributed by atoms with Crippen molar-refractivity contribution in [2.24, 2.45) is 17.3 Å². The summed E-state index contributed by atoms with van der Waals surface area (Å²) in [5.41, 5.74) is -0.146. The number of methoxy groups -OCH3 is 1. The van der Waals surface area contributed by atoms with E-state index >= 15 is 0 Å². The van der Waals surface area contributed by atoms with Crippen LogP contribution in [-0.2, 0) is 20.9 Å². The van der Waals surface area contributed by atoms with Gasteiger partial charge >= 0.3 is 5.97 Å². The first-order valence-electron chi connectivity index (χ1n) is 9.10. The summed E-state index contributed by atoms with van der Waals surface area (Å²) < 4.78 is 5.11. The molecule has 3 aliphatic rings. The zero-order valence-corrected chi connectivity index (χ0v) is 14.9. The van der Waals surface area contributed by atoms with E-state index in [2.05, 4.69) is 9.97 Å². The molecule has 2 aliphatic heterocycles. The van der Waals surface area contributed by atoms with Gasteiger partial charge in [-0.1, -0.05) is 6.42 Å². The lowest BCUT2D eigenvalue weighted by Crippen LogP contribution is -2.44. The number of carbonyl (C=O) groups excluding carboxylic acids is 1. The van der Waals surface area contributed by atoms with E-state index in [1.807, 2.05) is 11.0 Å². The van der Waals surface area contributed by atoms with Gasteiger partial charge in [0.05, 0.1) is 12.3 Å². The van der Waals surface area contributed by atoms with Crippen LogP contribution in [0.3, 0.4) is 0 Å². The number of nitrogens with zero attached hydrogens (tertiary/aromatic N) is 4. The highest BCUT2D eigenvalue weighted by Crippen LogP contribution is 2.45. The van der Waals surface area contributed by atoms with Crippen LogP contribution in [0.5, 0.6) is 0 Å². The summed E-state index contributed by atoms with van der Waals surface area (Å²) in [6, 6.07) is 1.84. The monoisotopic (exact) mass is 360 g/mol. The quantitative estimate of drug-likeness (QED) is 0.828. The smallest absolute Gasteiger partial charge is 0.313 e. The normalized spacial score (nSPS) is 28.1. The second-order valence-corrected chi connectivity index (χ2v) is 7.69. The summed E-state index contributed by atoms with van der Waals surface area (Å²) >= 11 is 0. The van der Waals surface area contributed by atoms with Gasteiger partial charge in [0.25, 0.3) is 0 Å². The minimum atomic E-state index is -0.911. The van der Waals surface area contributed by atoms with Crippen LogP contribution in [0.15, 0.2) is 12.4 Å². The van der Waals surface area contributed by atoms with Crippen LogP contribution < -0.4 is 4.90 Å². The zero-order chi connectivity index (χ0) is 18.3. The number of amides is 1. The van der Waals surface area contributed by atoms with Gasteiger partial charge < -0.3 is 19.6 Å². The lowest BCUT2D eigenvalue weighted by atomic mass is 9.81. The molecule has 1 N–H and O–H groups in total. The third kappa shape index (κ3) is 2.72. The Balaban J connectivity index is 1.52. The van der Waals surface area contributed by atoms with Crippen molar-refractivity contribution in [3.8, 4) is 0 Å². The summed E-state index contributed by atoms with van der Waals surface area (Å²) in [5.74, 6) is 0.0698. The molecule has 0 aromatic carbocycles. The van der Waals surface area contributed by atoms with Crippen molar-refractivity contribution in [1.29, 1.82) is 0 Å². The minimum absolute atomic E-state index is 0.0788. The second kappa shape index (κ2) is 6.50. The van der Waals surface area contributed by atoms with Crippen molar-refractivity contribution >= 4 is 17.7 Å². The molecule has 26 heavy (non-hydrogen) atoms. The van der Waals surface area contributed by atoms with E-state index in [0.717, 1.165) is 30.8 Å². The number of rotatable bonds is 5. The number of likely N-dealkylation sites (tertiary alicyclic amines) is 1. The van der Waals surface area contributed by atoms with Gasteiger partial charge in [-0.25, -0.2) is 9.97 Å². The number of carboxylic acids is 1. The van der Waals surface area contributed by atoms with Gasteiger partial charge in [0.15, 0.2) is 0 Å². The predicted octanol–water partition coefficient (Wildman–Crippen LogP) is 0.773. The first-order chi connectivity index (χ1) is 12.5. The first-order valence-corrected chi connectivity index (χ1v) is 9.10. The van der Waals surface area contributed by atoms with Crippen molar-refractivity contribution in [3.63, 3.8) is 0 Å². The maximum Gasteiger partial charge on any atom is 0.313 e. The standard InChI is InChI=1S/C18H24N4O4/c1-26-8-14-5-15(20-11-19-14)21-6-13-7-22(16(23)12-3-2-4-12)10-18(13,9-21)17(24)25/h5,11-13H,2-4,6-10H2,1H3,(H,24,25)/t13-,18-/m1/s1. The molecule has 1 aromatic heterocycles. The van der Waals surface area contributed by atoms with Crippen molar-refractivity contribution in [2.75, 3.05) is 38.2 Å². The largest absolute Gasteiger partial charge is 0.481 e. The van der Waals surface area contributed by atoms with Gasteiger partial charge in [0.1, 0.15) is 17.6 Å². The molecule has 1 aromatic rings. The van der Waals surface area contributed by atoms with E-state index in [1.165, 1.54) is 6.33 Å². The van der Waals surface area contributed by atoms with Crippen LogP contribution in [0.2, 0.25) is 0 Å². The van der Waals surface area contributed by atoms with Gasteiger partial charge in [0, 0.05) is 51.2 Å². The van der Waals surface area contributed by atoms with E-state index in [0.29, 0.717) is 32.8 Å². The highest BCUT2D eigenvalue weighted by molar-refractivity contribution is 5.84. The van der Waals surface area contributed by atoms with Gasteiger partial charge in [-0.15, -0.1) is 0 Å². The average Bonchev–Trinajstić information content (AvgIpc) is 3.09. The van der Waals surface area contributed by atoms with Crippen LogP contribution in [0.4, 0.5) is 5.82 Å². The fraction of sp³-hybridized carbons (Fsp3) is 0.667. The average molecular weight is 360 g/mol. The molecule has 1 aliphatic carbocycles. The Morgan fingerprint density at radius 2 is 2.12 bits per heavy atom. The van der Waals surface area contributed by atoms with Crippen LogP contribution >= 0.6 is 0 Å². The molecule has 2 saturated heterocycles. The number of carbonyl (C=O) groups is 2. The molecular formula is C18H24N4O4. The molecular weight excluding hydrogens is 336 g/mol. The van der Waals surface area contributed by atoms with Crippen molar-refractivity contribution < 1.29 is 19.4 Å². The van der Waals surface area contributed by atoms with E-state index in [4.69, 9.17) is 4.74 Å². The molecule has 3 heterocycles. The third-order valence-corrected chi connectivity index (χ3v) is 6.13. The van der Waals surface area contributed by atoms with Gasteiger partial charge in [-0.2, -0.15) is 0 Å². The topological polar surface area (TPSA) is 95.9 Å². The number of fused-ring (bicyclic) bond motifs is 1. The van der Waals surface area contributed by atoms with E-state index in [-0.39, 0.29) is 17.7 Å². The minimum Gasteiger partial charge on any atom is -0.481 e. The Kier molecular flexibility index (Phi) is 4.30. The van der Waals surface area contributed by atoms with Crippen molar-refractivity contribution in [3.05, 3.63) is 18.1 Å². The van der Waals surface area contributed by atoms with Crippen LogP contribution in [-0.4, -0.2) is 65.1 Å². The van der Waals surface area contributed by atoms with E-state index in [9.17, 15) is 14.7 Å². The fourth-order valence-electron chi connectivity index (χ4n) is 4.41. The lowest BCUT2D eigenvalue weighted by Gasteiger charge is -2.31. The Labute approximate surface area is 152 Å². The summed E-state index contributed by atoms with van der Waals surface area (Å²) in [6.07, 6.45) is 4.46. The number of aliphatic carboxylic acids is 1. The summed E-state index contributed by atoms with van der Waals surface area (Å²) in [5, 5.41) is 9.97. The molecule has 1 saturated carbocycles. The zero-order valence-electron chi connectivity index (χ0n) is 14.9. The van der Waals surface area contributed by atoms with Gasteiger partial charge in [0.2, 0.25) is 5.91 Å².